The second kappa shape index (κ2) is 22.3. The van der Waals surface area contributed by atoms with Crippen LogP contribution in [-0.4, -0.2) is 241 Å². The van der Waals surface area contributed by atoms with E-state index in [0.717, 1.165) is 12.2 Å². The summed E-state index contributed by atoms with van der Waals surface area (Å²) in [6.07, 6.45) is 0.199. The average Bonchev–Trinajstić information content (AvgIpc) is 0.803. The van der Waals surface area contributed by atoms with E-state index in [1.807, 2.05) is 0 Å². The fourth-order valence-corrected chi connectivity index (χ4v) is 16.9. The van der Waals surface area contributed by atoms with Gasteiger partial charge in [0.25, 0.3) is 0 Å². The normalized spacial score (nSPS) is 51.6. The lowest BCUT2D eigenvalue weighted by atomic mass is 9.52. The predicted octanol–water partition coefficient (Wildman–Crippen LogP) is 2.01. The number of rotatable bonds is 21. The van der Waals surface area contributed by atoms with Crippen molar-refractivity contribution in [2.24, 2.45) is 16.2 Å². The van der Waals surface area contributed by atoms with Crippen molar-refractivity contribution in [3.8, 4) is 0 Å². The molecule has 0 spiro atoms. The van der Waals surface area contributed by atoms with Crippen LogP contribution in [0.3, 0.4) is 0 Å². The Morgan fingerprint density at radius 2 is 1.03 bits per heavy atom. The third kappa shape index (κ3) is 10.3. The van der Waals surface area contributed by atoms with Gasteiger partial charge in [0.2, 0.25) is 11.7 Å². The second-order valence-electron chi connectivity index (χ2n) is 30.5. The molecule has 3 amide bonds. The van der Waals surface area contributed by atoms with Crippen molar-refractivity contribution in [2.75, 3.05) is 58.6 Å². The number of thioether (sulfide) groups is 1. The van der Waals surface area contributed by atoms with Gasteiger partial charge in [-0.15, -0.1) is 0 Å². The first-order valence-corrected chi connectivity index (χ1v) is 31.2. The van der Waals surface area contributed by atoms with Gasteiger partial charge in [-0.3, -0.25) is 9.59 Å². The smallest absolute Gasteiger partial charge is 0.315 e. The Morgan fingerprint density at radius 3 is 1.56 bits per heavy atom. The molecular weight excluding hydrogens is 1140 g/mol. The highest BCUT2D eigenvalue weighted by molar-refractivity contribution is 8.00. The highest BCUT2D eigenvalue weighted by Gasteiger charge is 2.78. The quantitative estimate of drug-likeness (QED) is 0.0444. The van der Waals surface area contributed by atoms with Gasteiger partial charge in [0.15, 0.2) is 0 Å². The number of carbonyl (C=O) groups is 3. The summed E-state index contributed by atoms with van der Waals surface area (Å²) in [5.41, 5.74) is -33.1. The van der Waals surface area contributed by atoms with Crippen LogP contribution in [0.2, 0.25) is 0 Å². The third-order valence-corrected chi connectivity index (χ3v) is 26.0. The molecule has 0 aromatic heterocycles. The number of esters is 1. The van der Waals surface area contributed by atoms with Crippen molar-refractivity contribution in [2.45, 2.75) is 291 Å². The summed E-state index contributed by atoms with van der Waals surface area (Å²) in [6.45, 7) is 28.9. The maximum Gasteiger partial charge on any atom is 0.315 e. The number of urea groups is 1. The molecule has 86 heavy (non-hydrogen) atoms. The first-order chi connectivity index (χ1) is 38.5. The van der Waals surface area contributed by atoms with E-state index in [1.165, 1.54) is 83.1 Å². The monoisotopic (exact) mass is 1250 g/mol. The SMILES string of the molecule is CC(=O)NC1(C)[C@](C)(OC(=O)CCCCC2SC[C@@H]3NC(=O)N[C@H]23)OC(C)(CO)[C@H](O)[C@@]1(C)COC[C@@]1(C)OC(C)(C)[C@@](C)(COC[C@]2(C)OC(C)(CO)[C@@](C)(O)[C@@](C)(O)C2(C)COC[C@]2(C)OC(C)(C)[C@@](C)(O)[C@](C)(O)C2(C)O)[C@](C)(O)C1(C)O. The number of hydrogen-bond acceptors (Lipinski definition) is 22. The summed E-state index contributed by atoms with van der Waals surface area (Å²) in [4.78, 5) is 39.0. The molecule has 0 radical (unpaired) electrons. The minimum Gasteiger partial charge on any atom is -0.431 e. The molecule has 6 aliphatic heterocycles. The number of hydrogen-bond donors (Lipinski definition) is 13. The zero-order valence-corrected chi connectivity index (χ0v) is 56.2. The summed E-state index contributed by atoms with van der Waals surface area (Å²) in [7, 11) is 0. The number of aliphatic hydroxyl groups is 10. The molecule has 0 saturated carbocycles. The van der Waals surface area contributed by atoms with Gasteiger partial charge in [-0.1, -0.05) is 27.2 Å². The molecule has 6 saturated heterocycles. The van der Waals surface area contributed by atoms with E-state index in [2.05, 4.69) is 16.0 Å². The van der Waals surface area contributed by atoms with E-state index in [0.29, 0.717) is 12.8 Å². The zero-order chi connectivity index (χ0) is 66.2. The minimum atomic E-state index is -2.20. The largest absolute Gasteiger partial charge is 0.431 e. The third-order valence-electron chi connectivity index (χ3n) is 24.5. The predicted molar refractivity (Wildman–Crippen MR) is 317 cm³/mol. The lowest BCUT2D eigenvalue weighted by molar-refractivity contribution is -0.414. The Hall–Kier alpha value is -2.12. The second-order valence-corrected chi connectivity index (χ2v) is 31.8. The van der Waals surface area contributed by atoms with E-state index < -0.39 is 170 Å². The van der Waals surface area contributed by atoms with Crippen molar-refractivity contribution in [1.29, 1.82) is 0 Å². The van der Waals surface area contributed by atoms with Crippen LogP contribution < -0.4 is 16.0 Å². The van der Waals surface area contributed by atoms with Gasteiger partial charge in [0, 0.05) is 36.7 Å². The van der Waals surface area contributed by atoms with Crippen molar-refractivity contribution >= 4 is 29.7 Å². The van der Waals surface area contributed by atoms with Crippen molar-refractivity contribution in [3.63, 3.8) is 0 Å². The van der Waals surface area contributed by atoms with Crippen LogP contribution in [0.1, 0.15) is 178 Å². The fourth-order valence-electron chi connectivity index (χ4n) is 15.4. The van der Waals surface area contributed by atoms with E-state index in [4.69, 9.17) is 37.9 Å². The molecule has 7 unspecified atom stereocenters. The van der Waals surface area contributed by atoms with Crippen LogP contribution in [0.15, 0.2) is 0 Å². The van der Waals surface area contributed by atoms with Crippen LogP contribution in [0, 0.1) is 16.2 Å². The molecule has 6 aliphatic rings. The number of fused-ring (bicyclic) bond motifs is 1. The van der Waals surface area contributed by atoms with Gasteiger partial charge in [0.05, 0.1) is 93.1 Å². The summed E-state index contributed by atoms with van der Waals surface area (Å²) < 4.78 is 52.3. The topological polar surface area (TPSA) is 363 Å². The average molecular weight is 1250 g/mol. The maximum atomic E-state index is 13.9. The Labute approximate surface area is 513 Å². The molecule has 21 atom stereocenters. The molecule has 500 valence electrons. The zero-order valence-electron chi connectivity index (χ0n) is 55.4. The Bertz CT molecular complexity index is 2550. The number of aliphatic hydroxyl groups excluding tert-OH is 3. The Kier molecular flexibility index (Phi) is 18.9. The maximum absolute atomic E-state index is 13.9. The number of amides is 3. The van der Waals surface area contributed by atoms with Crippen LogP contribution in [0.25, 0.3) is 0 Å². The number of ether oxygens (including phenoxy) is 8. The first kappa shape index (κ1) is 72.9. The molecular formula is C61H109N3O21S. The summed E-state index contributed by atoms with van der Waals surface area (Å²) in [5, 5.41) is 129. The molecule has 6 heterocycles. The first-order valence-electron chi connectivity index (χ1n) is 30.2. The molecule has 0 aliphatic carbocycles. The minimum absolute atomic E-state index is 0.00333. The van der Waals surface area contributed by atoms with Crippen molar-refractivity contribution in [3.05, 3.63) is 0 Å². The molecule has 0 aromatic carbocycles. The Morgan fingerprint density at radius 1 is 0.558 bits per heavy atom. The van der Waals surface area contributed by atoms with Gasteiger partial charge in [0.1, 0.15) is 72.8 Å². The summed E-state index contributed by atoms with van der Waals surface area (Å²) >= 11 is 1.76. The van der Waals surface area contributed by atoms with Crippen LogP contribution in [-0.2, 0) is 47.5 Å². The van der Waals surface area contributed by atoms with E-state index in [9.17, 15) is 65.4 Å². The van der Waals surface area contributed by atoms with E-state index in [1.54, 1.807) is 81.0 Å². The number of carbonyl (C=O) groups excluding carboxylic acids is 3. The van der Waals surface area contributed by atoms with E-state index >= 15 is 0 Å². The molecule has 13 N–H and O–H groups in total. The van der Waals surface area contributed by atoms with Gasteiger partial charge in [-0.05, 0) is 131 Å². The summed E-state index contributed by atoms with van der Waals surface area (Å²) in [6, 6.07) is -0.128. The molecule has 6 rings (SSSR count). The van der Waals surface area contributed by atoms with Gasteiger partial charge < -0.3 is 105 Å². The van der Waals surface area contributed by atoms with Crippen molar-refractivity contribution in [1.82, 2.24) is 16.0 Å². The van der Waals surface area contributed by atoms with Crippen molar-refractivity contribution < 1.29 is 103 Å². The molecule has 0 aromatic rings. The lowest BCUT2D eigenvalue weighted by Crippen LogP contribution is -2.84. The lowest BCUT2D eigenvalue weighted by Gasteiger charge is -2.68. The number of unbranched alkanes of at least 4 members (excludes halogenated alkanes) is 1. The van der Waals surface area contributed by atoms with Gasteiger partial charge in [-0.25, -0.2) is 4.79 Å². The van der Waals surface area contributed by atoms with Crippen LogP contribution in [0.4, 0.5) is 4.79 Å². The molecule has 6 fully saturated rings. The van der Waals surface area contributed by atoms with Crippen LogP contribution in [0.5, 0.6) is 0 Å². The highest BCUT2D eigenvalue weighted by Crippen LogP contribution is 2.62. The van der Waals surface area contributed by atoms with Gasteiger partial charge in [-0.2, -0.15) is 11.8 Å². The number of nitrogens with one attached hydrogen (secondary N) is 3. The standard InChI is InChI=1S/C61H109N3O21S/c1-36(67)64-53(14)45(6,41(69)46(7,28-65)84-61(53,22)81-39(68)26-24-23-25-38-40-37(27-86-38)62-42(70)63-40)30-78-34-51(12)58(19,75)55(16,72)47(8,43(2,3)82-51)31-79-33-50(11)48(9,56(17,73)57(18,74)49(10,29-66)85-50)32-80-35-52(13)59(20,76)60(21,77)54(15,71)44(4,5)83-52/h37-38,40-41,65-66,69,71-77H,23-35H2,1-22H3,(H,64,67)(H2,62,63,70)/t37-,38?,40-,41+,45+,46?,47+,48?,49?,50-,51+,52-,53?,54+,55-,56-,57+,58?,59?,60-,61+/m0/s1. The molecule has 24 nitrogen and oxygen atoms in total. The van der Waals surface area contributed by atoms with Crippen LogP contribution >= 0.6 is 11.8 Å². The fraction of sp³-hybridized carbons (Fsp3) is 0.951. The Balaban J connectivity index is 1.23. The molecule has 25 heteroatoms. The van der Waals surface area contributed by atoms with E-state index in [-0.39, 0.29) is 36.4 Å². The molecule has 0 bridgehead atoms. The summed E-state index contributed by atoms with van der Waals surface area (Å²) in [5.74, 6) is -2.47. The van der Waals surface area contributed by atoms with Gasteiger partial charge >= 0.3 is 12.0 Å². The highest BCUT2D eigenvalue weighted by atomic mass is 32.2.